The zero-order valence-electron chi connectivity index (χ0n) is 19.4. The molecule has 4 rings (SSSR count). The molecule has 0 bridgehead atoms. The Labute approximate surface area is 204 Å². The van der Waals surface area contributed by atoms with E-state index in [9.17, 15) is 14.4 Å². The molecule has 1 unspecified atom stereocenters. The van der Waals surface area contributed by atoms with Crippen LogP contribution in [0.5, 0.6) is 5.75 Å². The average Bonchev–Trinajstić information content (AvgIpc) is 2.89. The lowest BCUT2D eigenvalue weighted by atomic mass is 10.1. The van der Waals surface area contributed by atoms with Crippen molar-refractivity contribution in [1.82, 2.24) is 10.2 Å². The van der Waals surface area contributed by atoms with Crippen LogP contribution in [-0.4, -0.2) is 48.4 Å². The van der Waals surface area contributed by atoms with Crippen molar-refractivity contribution in [3.8, 4) is 5.75 Å². The van der Waals surface area contributed by atoms with Crippen molar-refractivity contribution < 1.29 is 23.9 Å². The van der Waals surface area contributed by atoms with Crippen LogP contribution in [0.4, 0.5) is 0 Å². The summed E-state index contributed by atoms with van der Waals surface area (Å²) in [6.07, 6.45) is 0.373. The highest BCUT2D eigenvalue weighted by Gasteiger charge is 2.36. The van der Waals surface area contributed by atoms with Crippen molar-refractivity contribution in [3.63, 3.8) is 0 Å². The molecule has 1 atom stereocenters. The van der Waals surface area contributed by atoms with Crippen molar-refractivity contribution in [3.05, 3.63) is 102 Å². The molecule has 0 radical (unpaired) electrons. The van der Waals surface area contributed by atoms with Crippen LogP contribution in [0.15, 0.2) is 84.9 Å². The van der Waals surface area contributed by atoms with E-state index in [4.69, 9.17) is 9.47 Å². The first-order valence-electron chi connectivity index (χ1n) is 11.7. The van der Waals surface area contributed by atoms with Crippen LogP contribution >= 0.6 is 0 Å². The fourth-order valence-corrected chi connectivity index (χ4v) is 3.96. The first kappa shape index (κ1) is 24.0. The van der Waals surface area contributed by atoms with Crippen molar-refractivity contribution in [2.75, 3.05) is 19.7 Å². The molecule has 2 amide bonds. The summed E-state index contributed by atoms with van der Waals surface area (Å²) in [6.45, 7) is 1.13. The van der Waals surface area contributed by atoms with Gasteiger partial charge in [-0.3, -0.25) is 14.4 Å². The van der Waals surface area contributed by atoms with Gasteiger partial charge in [0, 0.05) is 19.5 Å². The van der Waals surface area contributed by atoms with Gasteiger partial charge >= 0.3 is 5.97 Å². The monoisotopic (exact) mass is 472 g/mol. The molecule has 7 nitrogen and oxygen atoms in total. The van der Waals surface area contributed by atoms with Gasteiger partial charge in [-0.15, -0.1) is 0 Å². The van der Waals surface area contributed by atoms with Gasteiger partial charge in [-0.2, -0.15) is 0 Å². The first-order valence-corrected chi connectivity index (χ1v) is 11.7. The minimum atomic E-state index is -0.942. The van der Waals surface area contributed by atoms with Crippen LogP contribution < -0.4 is 10.1 Å². The number of para-hydroxylation sites is 1. The summed E-state index contributed by atoms with van der Waals surface area (Å²) in [5, 5.41) is 2.75. The van der Waals surface area contributed by atoms with Gasteiger partial charge in [-0.25, -0.2) is 0 Å². The summed E-state index contributed by atoms with van der Waals surface area (Å²) in [4.78, 5) is 40.1. The van der Waals surface area contributed by atoms with E-state index >= 15 is 0 Å². The van der Waals surface area contributed by atoms with Crippen LogP contribution in [0.1, 0.15) is 27.9 Å². The number of hydrogen-bond acceptors (Lipinski definition) is 5. The minimum absolute atomic E-state index is 0.209. The van der Waals surface area contributed by atoms with E-state index in [0.717, 1.165) is 11.1 Å². The fraction of sp³-hybridized carbons (Fsp3) is 0.250. The zero-order valence-corrected chi connectivity index (χ0v) is 19.4. The number of amides is 2. The maximum Gasteiger partial charge on any atom is 0.308 e. The summed E-state index contributed by atoms with van der Waals surface area (Å²) < 4.78 is 11.3. The minimum Gasteiger partial charge on any atom is -0.488 e. The lowest BCUT2D eigenvalue weighted by Crippen LogP contribution is -2.57. The Kier molecular flexibility index (Phi) is 8.12. The summed E-state index contributed by atoms with van der Waals surface area (Å²) >= 11 is 0. The highest BCUT2D eigenvalue weighted by atomic mass is 16.5. The Morgan fingerprint density at radius 2 is 1.54 bits per heavy atom. The first-order chi connectivity index (χ1) is 17.1. The molecule has 1 heterocycles. The van der Waals surface area contributed by atoms with Crippen LogP contribution in [-0.2, 0) is 27.4 Å². The standard InChI is InChI=1S/C28H28N2O5/c31-26(34-18-15-21-9-3-1-4-10-21)19-24-27(32)29-16-17-30(24)28(33)23-13-7-8-14-25(23)35-20-22-11-5-2-6-12-22/h1-14,24H,15-20H2,(H,29,32). The third-order valence-corrected chi connectivity index (χ3v) is 5.80. The second-order valence-corrected chi connectivity index (χ2v) is 8.24. The maximum atomic E-state index is 13.5. The molecule has 0 spiro atoms. The Hall–Kier alpha value is -4.13. The van der Waals surface area contributed by atoms with Crippen LogP contribution in [0.3, 0.4) is 0 Å². The number of nitrogens with one attached hydrogen (secondary N) is 1. The van der Waals surface area contributed by atoms with E-state index in [-0.39, 0.29) is 24.8 Å². The Morgan fingerprint density at radius 1 is 0.886 bits per heavy atom. The topological polar surface area (TPSA) is 84.9 Å². The summed E-state index contributed by atoms with van der Waals surface area (Å²) in [6, 6.07) is 25.3. The predicted molar refractivity (Wildman–Crippen MR) is 131 cm³/mol. The molecule has 7 heteroatoms. The number of carbonyl (C=O) groups excluding carboxylic acids is 3. The Balaban J connectivity index is 1.41. The van der Waals surface area contributed by atoms with Crippen molar-refractivity contribution >= 4 is 17.8 Å². The number of nitrogens with zero attached hydrogens (tertiary/aromatic N) is 1. The smallest absolute Gasteiger partial charge is 0.308 e. The van der Waals surface area contributed by atoms with Gasteiger partial charge in [-0.05, 0) is 23.3 Å². The van der Waals surface area contributed by atoms with E-state index in [0.29, 0.717) is 37.4 Å². The lowest BCUT2D eigenvalue weighted by molar-refractivity contribution is -0.147. The van der Waals surface area contributed by atoms with Crippen molar-refractivity contribution in [1.29, 1.82) is 0 Å². The van der Waals surface area contributed by atoms with Crippen LogP contribution in [0.25, 0.3) is 0 Å². The van der Waals surface area contributed by atoms with Crippen LogP contribution in [0, 0.1) is 0 Å². The SMILES string of the molecule is O=C(CC1C(=O)NCCN1C(=O)c1ccccc1OCc1ccccc1)OCCc1ccccc1. The third-order valence-electron chi connectivity index (χ3n) is 5.80. The molecular weight excluding hydrogens is 444 g/mol. The van der Waals surface area contributed by atoms with E-state index < -0.39 is 12.0 Å². The summed E-state index contributed by atoms with van der Waals surface area (Å²) in [7, 11) is 0. The van der Waals surface area contributed by atoms with Crippen LogP contribution in [0.2, 0.25) is 0 Å². The third kappa shape index (κ3) is 6.47. The number of piperazine rings is 1. The van der Waals surface area contributed by atoms with Gasteiger partial charge in [0.25, 0.3) is 5.91 Å². The van der Waals surface area contributed by atoms with E-state index in [2.05, 4.69) is 5.32 Å². The molecule has 3 aromatic carbocycles. The van der Waals surface area contributed by atoms with Crippen molar-refractivity contribution in [2.24, 2.45) is 0 Å². The number of esters is 1. The second kappa shape index (κ2) is 11.8. The van der Waals surface area contributed by atoms with Crippen molar-refractivity contribution in [2.45, 2.75) is 25.5 Å². The molecule has 1 aliphatic rings. The summed E-state index contributed by atoms with van der Waals surface area (Å²) in [5.74, 6) is -0.816. The molecule has 180 valence electrons. The number of benzene rings is 3. The van der Waals surface area contributed by atoms with Gasteiger partial charge in [0.05, 0.1) is 18.6 Å². The second-order valence-electron chi connectivity index (χ2n) is 8.24. The molecule has 3 aromatic rings. The van der Waals surface area contributed by atoms with Gasteiger partial charge in [-0.1, -0.05) is 72.8 Å². The Bertz CT molecular complexity index is 1150. The normalized spacial score (nSPS) is 15.3. The van der Waals surface area contributed by atoms with Gasteiger partial charge in [0.15, 0.2) is 0 Å². The molecule has 0 saturated carbocycles. The van der Waals surface area contributed by atoms with E-state index in [1.165, 1.54) is 4.90 Å². The van der Waals surface area contributed by atoms with Gasteiger partial charge < -0.3 is 19.7 Å². The fourth-order valence-electron chi connectivity index (χ4n) is 3.96. The lowest BCUT2D eigenvalue weighted by Gasteiger charge is -2.34. The zero-order chi connectivity index (χ0) is 24.5. The molecular formula is C28H28N2O5. The molecule has 1 aliphatic heterocycles. The molecule has 1 fully saturated rings. The highest BCUT2D eigenvalue weighted by Crippen LogP contribution is 2.24. The van der Waals surface area contributed by atoms with E-state index in [1.54, 1.807) is 24.3 Å². The molecule has 1 N–H and O–H groups in total. The molecule has 0 aromatic heterocycles. The number of rotatable bonds is 9. The number of carbonyl (C=O) groups is 3. The Morgan fingerprint density at radius 3 is 2.29 bits per heavy atom. The van der Waals surface area contributed by atoms with Gasteiger partial charge in [0.2, 0.25) is 5.91 Å². The number of hydrogen-bond donors (Lipinski definition) is 1. The number of ether oxygens (including phenoxy) is 2. The molecule has 0 aliphatic carbocycles. The molecule has 1 saturated heterocycles. The summed E-state index contributed by atoms with van der Waals surface area (Å²) in [5.41, 5.74) is 2.38. The highest BCUT2D eigenvalue weighted by molar-refractivity contribution is 6.01. The quantitative estimate of drug-likeness (QED) is 0.483. The molecule has 35 heavy (non-hydrogen) atoms. The van der Waals surface area contributed by atoms with Gasteiger partial charge in [0.1, 0.15) is 18.4 Å². The predicted octanol–water partition coefficient (Wildman–Crippen LogP) is 3.38. The maximum absolute atomic E-state index is 13.5. The average molecular weight is 473 g/mol. The van der Waals surface area contributed by atoms with E-state index in [1.807, 2.05) is 60.7 Å². The largest absolute Gasteiger partial charge is 0.488 e.